The molecule has 3 heterocycles. The van der Waals surface area contributed by atoms with Crippen LogP contribution in [0.15, 0.2) is 60.9 Å². The Bertz CT molecular complexity index is 1870. The molecular formula is C33H29F4N5O5. The fraction of sp³-hybridized carbons (Fsp3) is 0.303. The van der Waals surface area contributed by atoms with Crippen LogP contribution >= 0.6 is 0 Å². The first-order valence-corrected chi connectivity index (χ1v) is 14.6. The summed E-state index contributed by atoms with van der Waals surface area (Å²) >= 11 is 0. The van der Waals surface area contributed by atoms with Gasteiger partial charge < -0.3 is 25.6 Å². The molecule has 10 nitrogen and oxygen atoms in total. The average molecular weight is 652 g/mol. The number of rotatable bonds is 9. The highest BCUT2D eigenvalue weighted by Crippen LogP contribution is 2.47. The Morgan fingerprint density at radius 3 is 2.38 bits per heavy atom. The highest BCUT2D eigenvalue weighted by Gasteiger charge is 2.57. The number of fused-ring (bicyclic) bond motifs is 1. The number of hydrogen-bond acceptors (Lipinski definition) is 8. The molecular weight excluding hydrogens is 622 g/mol. The molecule has 2 aliphatic rings. The zero-order valence-corrected chi connectivity index (χ0v) is 25.2. The zero-order chi connectivity index (χ0) is 33.7. The van der Waals surface area contributed by atoms with E-state index in [1.54, 1.807) is 25.4 Å². The molecule has 4 aromatic rings. The van der Waals surface area contributed by atoms with Crippen molar-refractivity contribution >= 4 is 11.8 Å². The summed E-state index contributed by atoms with van der Waals surface area (Å²) in [6.07, 6.45) is -0.523. The number of halogens is 4. The second kappa shape index (κ2) is 11.6. The van der Waals surface area contributed by atoms with Crippen molar-refractivity contribution in [2.24, 2.45) is 5.73 Å². The van der Waals surface area contributed by atoms with Crippen LogP contribution < -0.4 is 20.5 Å². The number of pyridine rings is 1. The van der Waals surface area contributed by atoms with Gasteiger partial charge in [-0.15, -0.1) is 0 Å². The van der Waals surface area contributed by atoms with Gasteiger partial charge in [0.2, 0.25) is 11.5 Å². The third-order valence-corrected chi connectivity index (χ3v) is 8.28. The van der Waals surface area contributed by atoms with Gasteiger partial charge in [-0.25, -0.2) is 19.3 Å². The molecule has 1 fully saturated rings. The Morgan fingerprint density at radius 2 is 1.77 bits per heavy atom. The number of primary amides is 1. The third kappa shape index (κ3) is 5.96. The number of hydrogen-bond donors (Lipinski definition) is 3. The molecule has 1 saturated carbocycles. The maximum atomic E-state index is 14.8. The Morgan fingerprint density at radius 1 is 1.09 bits per heavy atom. The van der Waals surface area contributed by atoms with Gasteiger partial charge in [0, 0.05) is 40.2 Å². The first kappa shape index (κ1) is 31.9. The number of amides is 2. The fourth-order valence-corrected chi connectivity index (χ4v) is 5.15. The number of nitrogens with one attached hydrogen (secondary N) is 1. The van der Waals surface area contributed by atoms with Gasteiger partial charge in [-0.2, -0.15) is 13.2 Å². The van der Waals surface area contributed by atoms with Crippen LogP contribution in [0.25, 0.3) is 22.4 Å². The Kier molecular flexibility index (Phi) is 7.86. The predicted molar refractivity (Wildman–Crippen MR) is 160 cm³/mol. The lowest BCUT2D eigenvalue weighted by atomic mass is 9.81. The molecule has 0 bridgehead atoms. The van der Waals surface area contributed by atoms with Crippen molar-refractivity contribution in [1.29, 1.82) is 0 Å². The van der Waals surface area contributed by atoms with Crippen LogP contribution in [-0.4, -0.2) is 57.3 Å². The first-order valence-electron chi connectivity index (χ1n) is 14.6. The molecule has 14 heteroatoms. The number of carbonyl (C=O) groups is 2. The average Bonchev–Trinajstić information content (AvgIpc) is 3.79. The molecule has 4 N–H and O–H groups in total. The lowest BCUT2D eigenvalue weighted by molar-refractivity contribution is -0.265. The van der Waals surface area contributed by atoms with Crippen molar-refractivity contribution in [3.05, 3.63) is 89.4 Å². The summed E-state index contributed by atoms with van der Waals surface area (Å²) in [4.78, 5) is 38.3. The van der Waals surface area contributed by atoms with E-state index in [9.17, 15) is 32.3 Å². The molecule has 2 amide bonds. The minimum Gasteiger partial charge on any atom is -0.490 e. The van der Waals surface area contributed by atoms with E-state index in [2.05, 4.69) is 20.3 Å². The van der Waals surface area contributed by atoms with Gasteiger partial charge in [0.25, 0.3) is 5.91 Å². The largest absolute Gasteiger partial charge is 0.490 e. The number of carbonyl (C=O) groups excluding carboxylic acids is 2. The maximum Gasteiger partial charge on any atom is 0.424 e. The van der Waals surface area contributed by atoms with Gasteiger partial charge in [-0.05, 0) is 75.2 Å². The highest BCUT2D eigenvalue weighted by molar-refractivity contribution is 5.96. The molecule has 1 aliphatic heterocycles. The van der Waals surface area contributed by atoms with Crippen LogP contribution in [0.1, 0.15) is 47.2 Å². The van der Waals surface area contributed by atoms with E-state index in [4.69, 9.17) is 15.2 Å². The van der Waals surface area contributed by atoms with Gasteiger partial charge in [0.1, 0.15) is 40.9 Å². The van der Waals surface area contributed by atoms with E-state index >= 15 is 0 Å². The number of nitrogens with zero attached hydrogens (tertiary/aromatic N) is 3. The minimum absolute atomic E-state index is 0.0167. The van der Waals surface area contributed by atoms with Crippen LogP contribution in [0.4, 0.5) is 17.6 Å². The fourth-order valence-electron chi connectivity index (χ4n) is 5.15. The standard InChI is InChI=1S/C33H29F4N5O5/c1-17-39-13-20(14-40-17)23-11-19(5-10-25(23)47-22-8-9-22)29(43)41-15-32(45,33(35,36)37)26-12-24-28(46-16-31(24,2)30(38)44)27(42-26)18-3-6-21(34)7-4-18/h3-7,10-14,22,45H,8-9,15-16H2,1-2H3,(H2,38,44)(H,41,43)/t31-,32?/m0/s1. The molecule has 6 rings (SSSR count). The molecule has 47 heavy (non-hydrogen) atoms. The van der Waals surface area contributed by atoms with Crippen LogP contribution in [0.5, 0.6) is 11.5 Å². The number of aryl methyl sites for hydroxylation is 1. The van der Waals surface area contributed by atoms with Crippen molar-refractivity contribution in [3.8, 4) is 33.9 Å². The second-order valence-corrected chi connectivity index (χ2v) is 11.8. The van der Waals surface area contributed by atoms with Crippen molar-refractivity contribution < 1.29 is 41.7 Å². The van der Waals surface area contributed by atoms with Gasteiger partial charge in [-0.3, -0.25) is 9.59 Å². The SMILES string of the molecule is Cc1ncc(-c2cc(C(=O)NCC(O)(c3cc4c(c(-c5ccc(F)cc5)n3)OC[C@]4(C)C(N)=O)C(F)(F)F)ccc2OC2CC2)cn1. The Balaban J connectivity index is 1.37. The van der Waals surface area contributed by atoms with Crippen molar-refractivity contribution in [2.75, 3.05) is 13.2 Å². The normalized spacial score (nSPS) is 18.5. The van der Waals surface area contributed by atoms with E-state index < -0.39 is 47.1 Å². The summed E-state index contributed by atoms with van der Waals surface area (Å²) in [5.41, 5.74) is 0.304. The number of alkyl halides is 3. The predicted octanol–water partition coefficient (Wildman–Crippen LogP) is 4.51. The molecule has 0 saturated heterocycles. The van der Waals surface area contributed by atoms with Gasteiger partial charge >= 0.3 is 6.18 Å². The first-order chi connectivity index (χ1) is 22.2. The molecule has 1 unspecified atom stereocenters. The molecule has 0 radical (unpaired) electrons. The number of nitrogens with two attached hydrogens (primary N) is 1. The molecule has 2 atom stereocenters. The van der Waals surface area contributed by atoms with Gasteiger partial charge in [0.05, 0.1) is 18.3 Å². The summed E-state index contributed by atoms with van der Waals surface area (Å²) < 4.78 is 69.7. The number of ether oxygens (including phenoxy) is 2. The number of benzene rings is 2. The summed E-state index contributed by atoms with van der Waals surface area (Å²) in [6, 6.07) is 9.98. The lowest BCUT2D eigenvalue weighted by Gasteiger charge is -2.31. The molecule has 2 aromatic heterocycles. The van der Waals surface area contributed by atoms with E-state index in [0.717, 1.165) is 31.0 Å². The number of aromatic nitrogens is 3. The van der Waals surface area contributed by atoms with E-state index in [1.807, 2.05) is 0 Å². The quantitative estimate of drug-likeness (QED) is 0.224. The topological polar surface area (TPSA) is 150 Å². The third-order valence-electron chi connectivity index (χ3n) is 8.28. The van der Waals surface area contributed by atoms with Gasteiger partial charge in [0.15, 0.2) is 0 Å². The molecule has 244 valence electrons. The van der Waals surface area contributed by atoms with E-state index in [0.29, 0.717) is 22.7 Å². The van der Waals surface area contributed by atoms with Crippen molar-refractivity contribution in [2.45, 2.75) is 50.0 Å². The molecule has 1 aliphatic carbocycles. The van der Waals surface area contributed by atoms with E-state index in [1.165, 1.54) is 31.2 Å². The lowest BCUT2D eigenvalue weighted by Crippen LogP contribution is -2.51. The minimum atomic E-state index is -5.36. The second-order valence-electron chi connectivity index (χ2n) is 11.8. The summed E-state index contributed by atoms with van der Waals surface area (Å²) in [5, 5.41) is 13.5. The maximum absolute atomic E-state index is 14.8. The van der Waals surface area contributed by atoms with Crippen molar-refractivity contribution in [3.63, 3.8) is 0 Å². The summed E-state index contributed by atoms with van der Waals surface area (Å²) in [5.74, 6) is -1.47. The highest BCUT2D eigenvalue weighted by atomic mass is 19.4. The van der Waals surface area contributed by atoms with Crippen molar-refractivity contribution in [1.82, 2.24) is 20.3 Å². The van der Waals surface area contributed by atoms with E-state index in [-0.39, 0.29) is 40.8 Å². The Hall–Kier alpha value is -5.11. The summed E-state index contributed by atoms with van der Waals surface area (Å²) in [6.45, 7) is 1.45. The molecule has 2 aromatic carbocycles. The zero-order valence-electron chi connectivity index (χ0n) is 25.2. The van der Waals surface area contributed by atoms with Gasteiger partial charge in [-0.1, -0.05) is 0 Å². The molecule has 0 spiro atoms. The monoisotopic (exact) mass is 651 g/mol. The van der Waals surface area contributed by atoms with Crippen LogP contribution in [0, 0.1) is 12.7 Å². The smallest absolute Gasteiger partial charge is 0.424 e. The van der Waals surface area contributed by atoms with Crippen LogP contribution in [0.2, 0.25) is 0 Å². The van der Waals surface area contributed by atoms with Crippen LogP contribution in [-0.2, 0) is 15.8 Å². The Labute approximate surface area is 266 Å². The van der Waals surface area contributed by atoms with Crippen LogP contribution in [0.3, 0.4) is 0 Å². The number of aliphatic hydroxyl groups is 1. The summed E-state index contributed by atoms with van der Waals surface area (Å²) in [7, 11) is 0.